The molecular weight excluding hydrogens is 454 g/mol. The lowest BCUT2D eigenvalue weighted by atomic mass is 9.96. The Bertz CT molecular complexity index is 1150. The summed E-state index contributed by atoms with van der Waals surface area (Å²) in [6, 6.07) is 17.1. The van der Waals surface area contributed by atoms with E-state index >= 15 is 0 Å². The number of anilines is 1. The molecule has 7 heteroatoms. The molecule has 4 heterocycles. The summed E-state index contributed by atoms with van der Waals surface area (Å²) in [5.41, 5.74) is 7.25. The zero-order valence-corrected chi connectivity index (χ0v) is 21.7. The Morgan fingerprint density at radius 2 is 1.80 bits per heavy atom. The van der Waals surface area contributed by atoms with E-state index in [1.807, 2.05) is 18.3 Å². The summed E-state index contributed by atoms with van der Waals surface area (Å²) in [4.78, 5) is 9.48. The number of hydrogen-bond donors (Lipinski definition) is 1. The Labute approximate surface area is 213 Å². The third-order valence-corrected chi connectivity index (χ3v) is 7.62. The summed E-state index contributed by atoms with van der Waals surface area (Å²) in [7, 11) is 0. The van der Waals surface area contributed by atoms with Crippen molar-refractivity contribution in [3.05, 3.63) is 82.9 Å². The van der Waals surface area contributed by atoms with Crippen molar-refractivity contribution in [2.45, 2.75) is 45.8 Å². The van der Waals surface area contributed by atoms with Gasteiger partial charge < -0.3 is 19.5 Å². The highest BCUT2D eigenvalue weighted by atomic mass is 32.1. The van der Waals surface area contributed by atoms with Crippen LogP contribution < -0.4 is 10.2 Å². The van der Waals surface area contributed by atoms with Crippen LogP contribution >= 0.6 is 12.2 Å². The first-order valence-electron chi connectivity index (χ1n) is 12.6. The first-order valence-corrected chi connectivity index (χ1v) is 13.0. The van der Waals surface area contributed by atoms with Crippen LogP contribution in [0.25, 0.3) is 0 Å². The van der Waals surface area contributed by atoms with Crippen molar-refractivity contribution in [1.29, 1.82) is 0 Å². The van der Waals surface area contributed by atoms with Crippen LogP contribution in [0.3, 0.4) is 0 Å². The van der Waals surface area contributed by atoms with E-state index in [9.17, 15) is 0 Å². The van der Waals surface area contributed by atoms with Gasteiger partial charge in [0.05, 0.1) is 31.0 Å². The first-order chi connectivity index (χ1) is 17.0. The maximum Gasteiger partial charge on any atom is 0.174 e. The van der Waals surface area contributed by atoms with E-state index in [4.69, 9.17) is 21.9 Å². The largest absolute Gasteiger partial charge is 0.379 e. The molecule has 2 atom stereocenters. The van der Waals surface area contributed by atoms with Crippen LogP contribution in [0, 0.1) is 20.8 Å². The SMILES string of the molecule is Cc1ccc(N2C(=S)N[C@H](c3ccccn3)[C@@H]2c2cc(C)n(CCCN3CCOCC3)c2C)cc1. The maximum atomic E-state index is 5.90. The number of pyridine rings is 1. The quantitative estimate of drug-likeness (QED) is 0.485. The fraction of sp³-hybridized carbons (Fsp3) is 0.429. The lowest BCUT2D eigenvalue weighted by Crippen LogP contribution is -2.37. The lowest BCUT2D eigenvalue weighted by Gasteiger charge is -2.28. The minimum Gasteiger partial charge on any atom is -0.379 e. The number of hydrogen-bond acceptors (Lipinski definition) is 4. The molecule has 0 radical (unpaired) electrons. The van der Waals surface area contributed by atoms with Crippen LogP contribution in [0.1, 0.15) is 46.7 Å². The van der Waals surface area contributed by atoms with E-state index < -0.39 is 0 Å². The zero-order valence-electron chi connectivity index (χ0n) is 20.9. The molecule has 3 aromatic rings. The average molecular weight is 490 g/mol. The number of aryl methyl sites for hydroxylation is 2. The van der Waals surface area contributed by atoms with Crippen LogP contribution in [0.15, 0.2) is 54.7 Å². The molecule has 0 bridgehead atoms. The summed E-state index contributed by atoms with van der Waals surface area (Å²) in [5.74, 6) is 0. The fourth-order valence-electron chi connectivity index (χ4n) is 5.40. The zero-order chi connectivity index (χ0) is 24.4. The van der Waals surface area contributed by atoms with E-state index in [0.717, 1.165) is 62.3 Å². The molecule has 1 aromatic carbocycles. The van der Waals surface area contributed by atoms with Crippen LogP contribution in [0.5, 0.6) is 0 Å². The molecule has 0 saturated carbocycles. The van der Waals surface area contributed by atoms with E-state index in [1.165, 1.54) is 22.5 Å². The predicted molar refractivity (Wildman–Crippen MR) is 145 cm³/mol. The van der Waals surface area contributed by atoms with Crippen molar-refractivity contribution in [2.75, 3.05) is 37.7 Å². The normalized spacial score (nSPS) is 20.9. The molecule has 184 valence electrons. The number of benzene rings is 1. The van der Waals surface area contributed by atoms with Gasteiger partial charge in [0.1, 0.15) is 0 Å². The minimum atomic E-state index is -0.0210. The summed E-state index contributed by atoms with van der Waals surface area (Å²) >= 11 is 5.90. The second-order valence-electron chi connectivity index (χ2n) is 9.62. The molecular formula is C28H35N5OS. The summed E-state index contributed by atoms with van der Waals surface area (Å²) in [5, 5.41) is 4.33. The maximum absolute atomic E-state index is 5.90. The molecule has 35 heavy (non-hydrogen) atoms. The average Bonchev–Trinajstić information content (AvgIpc) is 3.36. The van der Waals surface area contributed by atoms with Gasteiger partial charge in [0.2, 0.25) is 0 Å². The molecule has 0 unspecified atom stereocenters. The van der Waals surface area contributed by atoms with Crippen molar-refractivity contribution in [3.8, 4) is 0 Å². The Hall–Kier alpha value is -2.74. The Balaban J connectivity index is 1.46. The first kappa shape index (κ1) is 24.0. The second kappa shape index (κ2) is 10.5. The molecule has 2 saturated heterocycles. The van der Waals surface area contributed by atoms with Crippen molar-refractivity contribution < 1.29 is 4.74 Å². The van der Waals surface area contributed by atoms with Crippen molar-refractivity contribution in [2.24, 2.45) is 0 Å². The fourth-order valence-corrected chi connectivity index (χ4v) is 5.75. The van der Waals surface area contributed by atoms with E-state index in [0.29, 0.717) is 0 Å². The number of nitrogens with zero attached hydrogens (tertiary/aromatic N) is 4. The van der Waals surface area contributed by atoms with E-state index in [2.05, 4.69) is 76.9 Å². The molecule has 2 aliphatic heterocycles. The van der Waals surface area contributed by atoms with E-state index in [1.54, 1.807) is 0 Å². The number of morpholine rings is 1. The van der Waals surface area contributed by atoms with Gasteiger partial charge >= 0.3 is 0 Å². The van der Waals surface area contributed by atoms with Gasteiger partial charge in [0.15, 0.2) is 5.11 Å². The minimum absolute atomic E-state index is 0.0210. The summed E-state index contributed by atoms with van der Waals surface area (Å²) < 4.78 is 7.97. The molecule has 2 aliphatic rings. The Morgan fingerprint density at radius 3 is 2.51 bits per heavy atom. The van der Waals surface area contributed by atoms with Gasteiger partial charge in [-0.05, 0) is 75.3 Å². The van der Waals surface area contributed by atoms with Gasteiger partial charge in [-0.3, -0.25) is 9.88 Å². The number of nitrogens with one attached hydrogen (secondary N) is 1. The molecule has 0 aliphatic carbocycles. The summed E-state index contributed by atoms with van der Waals surface area (Å²) in [6.45, 7) is 12.5. The predicted octanol–water partition coefficient (Wildman–Crippen LogP) is 4.71. The van der Waals surface area contributed by atoms with Crippen molar-refractivity contribution >= 4 is 23.0 Å². The number of thiocarbonyl (C=S) groups is 1. The lowest BCUT2D eigenvalue weighted by molar-refractivity contribution is 0.0369. The van der Waals surface area contributed by atoms with Gasteiger partial charge in [0.25, 0.3) is 0 Å². The molecule has 2 fully saturated rings. The van der Waals surface area contributed by atoms with Gasteiger partial charge in [-0.2, -0.15) is 0 Å². The standard InChI is InChI=1S/C28H35N5OS/c1-20-8-10-23(11-9-20)33-27(26(30-28(33)35)25-7-4-5-12-29-25)24-19-21(2)32(22(24)3)14-6-13-31-15-17-34-18-16-31/h4-5,7-12,19,26-27H,6,13-18H2,1-3H3,(H,30,35)/t26-,27+/m1/s1. The second-order valence-corrected chi connectivity index (χ2v) is 10.0. The van der Waals surface area contributed by atoms with Crippen LogP contribution in [-0.4, -0.2) is 52.4 Å². The van der Waals surface area contributed by atoms with Gasteiger partial charge in [0, 0.05) is 49.5 Å². The smallest absolute Gasteiger partial charge is 0.174 e. The highest BCUT2D eigenvalue weighted by Crippen LogP contribution is 2.43. The Kier molecular flexibility index (Phi) is 7.18. The molecule has 5 rings (SSSR count). The summed E-state index contributed by atoms with van der Waals surface area (Å²) in [6.07, 6.45) is 2.99. The molecule has 0 amide bonds. The molecule has 1 N–H and O–H groups in total. The van der Waals surface area contributed by atoms with Crippen LogP contribution in [-0.2, 0) is 11.3 Å². The monoisotopic (exact) mass is 489 g/mol. The van der Waals surface area contributed by atoms with Crippen LogP contribution in [0.2, 0.25) is 0 Å². The van der Waals surface area contributed by atoms with Gasteiger partial charge in [-0.15, -0.1) is 0 Å². The molecule has 2 aromatic heterocycles. The van der Waals surface area contributed by atoms with Crippen molar-refractivity contribution in [3.63, 3.8) is 0 Å². The van der Waals surface area contributed by atoms with E-state index in [-0.39, 0.29) is 12.1 Å². The highest BCUT2D eigenvalue weighted by Gasteiger charge is 2.42. The number of aromatic nitrogens is 2. The third-order valence-electron chi connectivity index (χ3n) is 7.30. The van der Waals surface area contributed by atoms with Crippen LogP contribution in [0.4, 0.5) is 5.69 Å². The number of rotatable bonds is 7. The van der Waals surface area contributed by atoms with Crippen molar-refractivity contribution in [1.82, 2.24) is 19.8 Å². The molecule has 6 nitrogen and oxygen atoms in total. The highest BCUT2D eigenvalue weighted by molar-refractivity contribution is 7.80. The Morgan fingerprint density at radius 1 is 1.03 bits per heavy atom. The number of ether oxygens (including phenoxy) is 1. The van der Waals surface area contributed by atoms with Gasteiger partial charge in [-0.25, -0.2) is 0 Å². The van der Waals surface area contributed by atoms with Gasteiger partial charge in [-0.1, -0.05) is 23.8 Å². The third kappa shape index (κ3) is 4.99. The molecule has 0 spiro atoms. The topological polar surface area (TPSA) is 45.6 Å².